The summed E-state index contributed by atoms with van der Waals surface area (Å²) < 4.78 is 48.9. The van der Waals surface area contributed by atoms with Gasteiger partial charge in [-0.2, -0.15) is 0 Å². The van der Waals surface area contributed by atoms with Crippen LogP contribution in [-0.2, 0) is 14.8 Å². The van der Waals surface area contributed by atoms with Gasteiger partial charge in [0.2, 0.25) is 0 Å². The molecule has 10 nitrogen and oxygen atoms in total. The molecule has 5 aromatic rings. The molecule has 5 rings (SSSR count). The maximum Gasteiger partial charge on any atom is 0.407 e. The lowest BCUT2D eigenvalue weighted by Gasteiger charge is -2.19. The van der Waals surface area contributed by atoms with Crippen molar-refractivity contribution < 1.29 is 27.1 Å². The molecule has 2 aromatic carbocycles. The Morgan fingerprint density at radius 3 is 2.45 bits per heavy atom. The van der Waals surface area contributed by atoms with Crippen LogP contribution in [0.25, 0.3) is 33.1 Å². The van der Waals surface area contributed by atoms with E-state index in [0.29, 0.717) is 34.9 Å². The lowest BCUT2D eigenvalue weighted by Crippen LogP contribution is -2.34. The van der Waals surface area contributed by atoms with E-state index in [2.05, 4.69) is 20.6 Å². The van der Waals surface area contributed by atoms with Crippen molar-refractivity contribution in [3.8, 4) is 11.1 Å². The van der Waals surface area contributed by atoms with Gasteiger partial charge in [0.05, 0.1) is 10.5 Å². The van der Waals surface area contributed by atoms with Crippen LogP contribution in [0.2, 0.25) is 0 Å². The number of rotatable bonds is 8. The number of carbonyl (C=O) groups excluding carboxylic acids is 2. The van der Waals surface area contributed by atoms with Crippen molar-refractivity contribution in [2.24, 2.45) is 0 Å². The topological polar surface area (TPSA) is 132 Å². The number of fused-ring (bicyclic) bond motifs is 2. The highest BCUT2D eigenvalue weighted by atomic mass is 32.2. The molecule has 0 aliphatic rings. The Hall–Kier alpha value is -4.84. The molecule has 0 fully saturated rings. The van der Waals surface area contributed by atoms with Gasteiger partial charge in [-0.25, -0.2) is 26.6 Å². The van der Waals surface area contributed by atoms with E-state index in [0.717, 1.165) is 9.54 Å². The summed E-state index contributed by atoms with van der Waals surface area (Å²) in [5.74, 6) is -1.01. The zero-order valence-corrected chi connectivity index (χ0v) is 25.5. The van der Waals surface area contributed by atoms with Gasteiger partial charge in [-0.05, 0) is 76.1 Å². The molecular weight excluding hydrogens is 585 g/mol. The van der Waals surface area contributed by atoms with Crippen molar-refractivity contribution in [1.29, 1.82) is 0 Å². The minimum atomic E-state index is -4.09. The normalized spacial score (nSPS) is 11.9. The molecule has 228 valence electrons. The fraction of sp³-hybridized carbons (Fsp3) is 0.250. The Bertz CT molecular complexity index is 1980. The zero-order chi connectivity index (χ0) is 31.6. The fourth-order valence-corrected chi connectivity index (χ4v) is 5.97. The minimum Gasteiger partial charge on any atom is -0.444 e. The summed E-state index contributed by atoms with van der Waals surface area (Å²) >= 11 is 0. The van der Waals surface area contributed by atoms with E-state index < -0.39 is 33.4 Å². The van der Waals surface area contributed by atoms with Crippen LogP contribution in [0.4, 0.5) is 9.18 Å². The first kappa shape index (κ1) is 30.6. The SMILES string of the molecule is Cc1ccc(S(=O)(=O)n2cc(-c3cc(F)c4ncccc4c3)c3cc(C(=O)NCCCNC(=O)OC(C)(C)C)cnc32)cc1. The van der Waals surface area contributed by atoms with E-state index >= 15 is 4.39 Å². The van der Waals surface area contributed by atoms with Crippen LogP contribution in [-0.4, -0.2) is 53.0 Å². The number of carbonyl (C=O) groups is 2. The van der Waals surface area contributed by atoms with Gasteiger partial charge in [0.15, 0.2) is 5.65 Å². The quantitative estimate of drug-likeness (QED) is 0.217. The van der Waals surface area contributed by atoms with E-state index in [1.165, 1.54) is 36.8 Å². The first-order chi connectivity index (χ1) is 20.8. The molecule has 0 bridgehead atoms. The first-order valence-corrected chi connectivity index (χ1v) is 15.4. The fourth-order valence-electron chi connectivity index (χ4n) is 4.64. The number of ether oxygens (including phenoxy) is 1. The van der Waals surface area contributed by atoms with Gasteiger partial charge in [0, 0.05) is 48.0 Å². The molecule has 0 radical (unpaired) electrons. The molecule has 0 aliphatic heterocycles. The molecule has 0 spiro atoms. The molecule has 2 N–H and O–H groups in total. The van der Waals surface area contributed by atoms with Gasteiger partial charge in [0.25, 0.3) is 15.9 Å². The van der Waals surface area contributed by atoms with Crippen molar-refractivity contribution in [2.75, 3.05) is 13.1 Å². The second-order valence-electron chi connectivity index (χ2n) is 11.3. The summed E-state index contributed by atoms with van der Waals surface area (Å²) in [4.78, 5) is 33.4. The van der Waals surface area contributed by atoms with Crippen LogP contribution in [0.15, 0.2) is 78.1 Å². The third-order valence-corrected chi connectivity index (χ3v) is 8.39. The predicted octanol–water partition coefficient (Wildman–Crippen LogP) is 5.58. The number of aromatic nitrogens is 3. The van der Waals surface area contributed by atoms with Gasteiger partial charge in [0.1, 0.15) is 16.9 Å². The van der Waals surface area contributed by atoms with Crippen molar-refractivity contribution in [3.05, 3.63) is 90.1 Å². The largest absolute Gasteiger partial charge is 0.444 e. The second kappa shape index (κ2) is 12.0. The van der Waals surface area contributed by atoms with Crippen molar-refractivity contribution in [3.63, 3.8) is 0 Å². The van der Waals surface area contributed by atoms with Crippen LogP contribution < -0.4 is 10.6 Å². The van der Waals surface area contributed by atoms with Crippen LogP contribution >= 0.6 is 0 Å². The highest BCUT2D eigenvalue weighted by Gasteiger charge is 2.24. The Morgan fingerprint density at radius 1 is 1.00 bits per heavy atom. The van der Waals surface area contributed by atoms with Crippen LogP contribution in [0.1, 0.15) is 43.1 Å². The van der Waals surface area contributed by atoms with Crippen molar-refractivity contribution >= 4 is 44.0 Å². The number of hydrogen-bond donors (Lipinski definition) is 2. The monoisotopic (exact) mass is 617 g/mol. The lowest BCUT2D eigenvalue weighted by atomic mass is 10.0. The lowest BCUT2D eigenvalue weighted by molar-refractivity contribution is 0.0527. The number of benzene rings is 2. The average Bonchev–Trinajstić information content (AvgIpc) is 3.36. The van der Waals surface area contributed by atoms with Crippen molar-refractivity contribution in [1.82, 2.24) is 24.6 Å². The summed E-state index contributed by atoms with van der Waals surface area (Å²) in [6, 6.07) is 14.4. The van der Waals surface area contributed by atoms with Crippen molar-refractivity contribution in [2.45, 2.75) is 44.6 Å². The molecule has 2 amide bonds. The molecule has 12 heteroatoms. The van der Waals surface area contributed by atoms with E-state index in [1.54, 1.807) is 57.2 Å². The van der Waals surface area contributed by atoms with Gasteiger partial charge < -0.3 is 15.4 Å². The van der Waals surface area contributed by atoms with Crippen LogP contribution in [0, 0.1) is 12.7 Å². The molecule has 0 saturated heterocycles. The molecule has 3 heterocycles. The van der Waals surface area contributed by atoms with E-state index in [9.17, 15) is 18.0 Å². The van der Waals surface area contributed by atoms with E-state index in [1.807, 2.05) is 6.92 Å². The number of nitrogens with one attached hydrogen (secondary N) is 2. The Balaban J connectivity index is 1.48. The highest BCUT2D eigenvalue weighted by molar-refractivity contribution is 7.90. The zero-order valence-electron chi connectivity index (χ0n) is 24.7. The third kappa shape index (κ3) is 6.55. The number of amides is 2. The molecule has 44 heavy (non-hydrogen) atoms. The van der Waals surface area contributed by atoms with Crippen LogP contribution in [0.5, 0.6) is 0 Å². The standard InChI is InChI=1S/C32H32FN5O5S/c1-20-8-10-24(11-9-20)44(41,42)38-19-26(22-15-21-7-5-12-34-28(21)27(33)17-22)25-16-23(18-37-29(25)38)30(39)35-13-6-14-36-31(40)43-32(2,3)4/h5,7-12,15-19H,6,13-14H2,1-4H3,(H,35,39)(H,36,40). The smallest absolute Gasteiger partial charge is 0.407 e. The number of pyridine rings is 2. The Labute approximate surface area is 254 Å². The minimum absolute atomic E-state index is 0.0593. The number of hydrogen-bond acceptors (Lipinski definition) is 7. The molecule has 0 aliphatic carbocycles. The van der Waals surface area contributed by atoms with Crippen LogP contribution in [0.3, 0.4) is 0 Å². The van der Waals surface area contributed by atoms with Gasteiger partial charge in [-0.3, -0.25) is 9.78 Å². The summed E-state index contributed by atoms with van der Waals surface area (Å²) in [7, 11) is -4.09. The Kier molecular flexibility index (Phi) is 8.38. The molecule has 0 saturated carbocycles. The molecule has 3 aromatic heterocycles. The molecule has 0 unspecified atom stereocenters. The molecular formula is C32H32FN5O5S. The van der Waals surface area contributed by atoms with E-state index in [-0.39, 0.29) is 28.2 Å². The predicted molar refractivity (Wildman–Crippen MR) is 165 cm³/mol. The second-order valence-corrected chi connectivity index (χ2v) is 13.1. The average molecular weight is 618 g/mol. The number of nitrogens with zero attached hydrogens (tertiary/aromatic N) is 3. The Morgan fingerprint density at radius 2 is 1.73 bits per heavy atom. The number of alkyl carbamates (subject to hydrolysis) is 1. The summed E-state index contributed by atoms with van der Waals surface area (Å²) in [6.45, 7) is 7.70. The van der Waals surface area contributed by atoms with Gasteiger partial charge >= 0.3 is 6.09 Å². The number of halogens is 1. The highest BCUT2D eigenvalue weighted by Crippen LogP contribution is 2.35. The summed E-state index contributed by atoms with van der Waals surface area (Å²) in [6.07, 6.45) is 4.09. The maximum atomic E-state index is 15.1. The summed E-state index contributed by atoms with van der Waals surface area (Å²) in [5, 5.41) is 6.30. The maximum absolute atomic E-state index is 15.1. The number of aryl methyl sites for hydroxylation is 1. The molecule has 0 atom stereocenters. The summed E-state index contributed by atoms with van der Waals surface area (Å²) in [5.41, 5.74) is 1.53. The van der Waals surface area contributed by atoms with Gasteiger partial charge in [-0.15, -0.1) is 0 Å². The van der Waals surface area contributed by atoms with E-state index in [4.69, 9.17) is 4.74 Å². The first-order valence-electron chi connectivity index (χ1n) is 14.0. The van der Waals surface area contributed by atoms with Gasteiger partial charge in [-0.1, -0.05) is 23.8 Å². The third-order valence-electron chi connectivity index (χ3n) is 6.73.